The number of hydrogen-bond donors (Lipinski definition) is 2. The van der Waals surface area contributed by atoms with Crippen molar-refractivity contribution in [3.8, 4) is 0 Å². The van der Waals surface area contributed by atoms with Gasteiger partial charge in [-0.05, 0) is 37.2 Å². The Morgan fingerprint density at radius 1 is 1.07 bits per heavy atom. The molecule has 0 unspecified atom stereocenters. The lowest BCUT2D eigenvalue weighted by atomic mass is 10.1. The summed E-state index contributed by atoms with van der Waals surface area (Å²) >= 11 is 0. The summed E-state index contributed by atoms with van der Waals surface area (Å²) in [5, 5.41) is 5.23. The van der Waals surface area contributed by atoms with Crippen molar-refractivity contribution in [1.29, 1.82) is 0 Å². The fourth-order valence-electron chi connectivity index (χ4n) is 3.82. The van der Waals surface area contributed by atoms with Gasteiger partial charge in [-0.25, -0.2) is 9.37 Å². The molecule has 0 atom stereocenters. The summed E-state index contributed by atoms with van der Waals surface area (Å²) in [5.41, 5.74) is 8.59. The van der Waals surface area contributed by atoms with Crippen molar-refractivity contribution >= 4 is 22.3 Å². The van der Waals surface area contributed by atoms with Crippen LogP contribution < -0.4 is 11.1 Å². The predicted octanol–water partition coefficient (Wildman–Crippen LogP) is 3.36. The minimum atomic E-state index is -0.158. The molecule has 1 saturated heterocycles. The monoisotopic (exact) mass is 393 g/mol. The Morgan fingerprint density at radius 2 is 1.90 bits per heavy atom. The fourth-order valence-corrected chi connectivity index (χ4v) is 3.82. The van der Waals surface area contributed by atoms with E-state index in [2.05, 4.69) is 27.1 Å². The molecule has 0 bridgehead atoms. The largest absolute Gasteiger partial charge is 0.383 e. The molecule has 3 N–H and O–H groups in total. The minimum Gasteiger partial charge on any atom is -0.383 e. The molecule has 0 spiro atoms. The van der Waals surface area contributed by atoms with Crippen LogP contribution in [0.3, 0.4) is 0 Å². The lowest BCUT2D eigenvalue weighted by Gasteiger charge is -2.32. The van der Waals surface area contributed by atoms with Gasteiger partial charge in [0.2, 0.25) is 0 Å². The lowest BCUT2D eigenvalue weighted by molar-refractivity contribution is 0.155. The summed E-state index contributed by atoms with van der Waals surface area (Å²) in [6.07, 6.45) is 2.57. The third-order valence-electron chi connectivity index (χ3n) is 5.74. The molecule has 0 amide bonds. The Morgan fingerprint density at radius 3 is 2.69 bits per heavy atom. The van der Waals surface area contributed by atoms with Crippen molar-refractivity contribution in [3.05, 3.63) is 65.6 Å². The first-order valence-electron chi connectivity index (χ1n) is 10.2. The molecular weight excluding hydrogens is 365 g/mol. The molecule has 0 aliphatic carbocycles. The Hall–Kier alpha value is -2.70. The third kappa shape index (κ3) is 4.66. The fraction of sp³-hybridized carbons (Fsp3) is 0.348. The van der Waals surface area contributed by atoms with E-state index in [-0.39, 0.29) is 5.82 Å². The number of piperazine rings is 1. The zero-order valence-corrected chi connectivity index (χ0v) is 16.9. The summed E-state index contributed by atoms with van der Waals surface area (Å²) in [7, 11) is 2.16. The van der Waals surface area contributed by atoms with Gasteiger partial charge in [-0.2, -0.15) is 0 Å². The van der Waals surface area contributed by atoms with Crippen molar-refractivity contribution in [2.75, 3.05) is 50.8 Å². The summed E-state index contributed by atoms with van der Waals surface area (Å²) in [6, 6.07) is 13.4. The van der Waals surface area contributed by atoms with Gasteiger partial charge in [-0.1, -0.05) is 24.3 Å². The van der Waals surface area contributed by atoms with Crippen LogP contribution in [0.5, 0.6) is 0 Å². The molecule has 1 aliphatic heterocycles. The van der Waals surface area contributed by atoms with Crippen LogP contribution >= 0.6 is 0 Å². The number of rotatable bonds is 6. The second-order valence-corrected chi connectivity index (χ2v) is 7.77. The average Bonchev–Trinajstić information content (AvgIpc) is 2.73. The van der Waals surface area contributed by atoms with Crippen LogP contribution in [0.4, 0.5) is 15.9 Å². The van der Waals surface area contributed by atoms with E-state index >= 15 is 0 Å². The molecule has 5 nitrogen and oxygen atoms in total. The van der Waals surface area contributed by atoms with Gasteiger partial charge in [0.1, 0.15) is 11.6 Å². The van der Waals surface area contributed by atoms with Crippen LogP contribution in [-0.2, 0) is 13.0 Å². The molecule has 3 aromatic rings. The molecule has 1 aliphatic rings. The van der Waals surface area contributed by atoms with Crippen LogP contribution in [0.2, 0.25) is 0 Å². The number of benzene rings is 2. The maximum atomic E-state index is 14.7. The predicted molar refractivity (Wildman–Crippen MR) is 118 cm³/mol. The Kier molecular flexibility index (Phi) is 5.92. The third-order valence-corrected chi connectivity index (χ3v) is 5.74. The zero-order valence-electron chi connectivity index (χ0n) is 16.9. The van der Waals surface area contributed by atoms with E-state index in [4.69, 9.17) is 5.73 Å². The zero-order chi connectivity index (χ0) is 20.2. The minimum absolute atomic E-state index is 0.158. The SMILES string of the molecule is CN1CCN(CCc2ccc(CNc3cccc4c(N)nccc34)c(F)c2)CC1. The first-order valence-corrected chi connectivity index (χ1v) is 10.2. The number of anilines is 2. The number of nitrogen functional groups attached to an aromatic ring is 1. The molecule has 1 aromatic heterocycles. The van der Waals surface area contributed by atoms with E-state index in [1.165, 1.54) is 0 Å². The van der Waals surface area contributed by atoms with Crippen molar-refractivity contribution in [2.45, 2.75) is 13.0 Å². The highest BCUT2D eigenvalue weighted by atomic mass is 19.1. The highest BCUT2D eigenvalue weighted by Gasteiger charge is 2.13. The lowest BCUT2D eigenvalue weighted by Crippen LogP contribution is -2.45. The first-order chi connectivity index (χ1) is 14.1. The van der Waals surface area contributed by atoms with Crippen LogP contribution in [0.1, 0.15) is 11.1 Å². The Balaban J connectivity index is 1.38. The second kappa shape index (κ2) is 8.76. The van der Waals surface area contributed by atoms with Crippen LogP contribution in [0, 0.1) is 5.82 Å². The number of nitrogens with one attached hydrogen (secondary N) is 1. The Labute approximate surface area is 171 Å². The van der Waals surface area contributed by atoms with Crippen molar-refractivity contribution in [3.63, 3.8) is 0 Å². The van der Waals surface area contributed by atoms with E-state index < -0.39 is 0 Å². The number of fused-ring (bicyclic) bond motifs is 1. The molecule has 2 aromatic carbocycles. The number of likely N-dealkylation sites (N-methyl/N-ethyl adjacent to an activating group) is 1. The highest BCUT2D eigenvalue weighted by molar-refractivity contribution is 5.99. The summed E-state index contributed by atoms with van der Waals surface area (Å²) in [6.45, 7) is 5.80. The van der Waals surface area contributed by atoms with Crippen molar-refractivity contribution in [1.82, 2.24) is 14.8 Å². The molecule has 1 fully saturated rings. The smallest absolute Gasteiger partial charge is 0.131 e. The van der Waals surface area contributed by atoms with Gasteiger partial charge >= 0.3 is 0 Å². The van der Waals surface area contributed by atoms with Gasteiger partial charge in [0.15, 0.2) is 0 Å². The summed E-state index contributed by atoms with van der Waals surface area (Å²) in [4.78, 5) is 8.93. The van der Waals surface area contributed by atoms with Crippen LogP contribution in [-0.4, -0.2) is 54.6 Å². The van der Waals surface area contributed by atoms with E-state index in [0.717, 1.165) is 61.2 Å². The molecule has 0 saturated carbocycles. The Bertz CT molecular complexity index is 982. The number of hydrogen-bond acceptors (Lipinski definition) is 5. The quantitative estimate of drug-likeness (QED) is 0.673. The maximum Gasteiger partial charge on any atom is 0.131 e. The van der Waals surface area contributed by atoms with Gasteiger partial charge in [0.05, 0.1) is 0 Å². The first kappa shape index (κ1) is 19.6. The van der Waals surface area contributed by atoms with Crippen LogP contribution in [0.15, 0.2) is 48.7 Å². The molecule has 29 heavy (non-hydrogen) atoms. The summed E-state index contributed by atoms with van der Waals surface area (Å²) < 4.78 is 14.7. The average molecular weight is 394 g/mol. The van der Waals surface area contributed by atoms with E-state index in [9.17, 15) is 4.39 Å². The van der Waals surface area contributed by atoms with Crippen molar-refractivity contribution in [2.24, 2.45) is 0 Å². The number of nitrogens with zero attached hydrogens (tertiary/aromatic N) is 3. The molecule has 6 heteroatoms. The molecule has 152 valence electrons. The molecular formula is C23H28FN5. The topological polar surface area (TPSA) is 57.4 Å². The number of pyridine rings is 1. The van der Waals surface area contributed by atoms with Gasteiger partial charge in [-0.3, -0.25) is 0 Å². The van der Waals surface area contributed by atoms with Gasteiger partial charge in [0.25, 0.3) is 0 Å². The number of aromatic nitrogens is 1. The molecule has 0 radical (unpaired) electrons. The number of halogens is 1. The molecule has 2 heterocycles. The van der Waals surface area contributed by atoms with Gasteiger partial charge in [-0.15, -0.1) is 0 Å². The van der Waals surface area contributed by atoms with E-state index in [1.807, 2.05) is 36.4 Å². The van der Waals surface area contributed by atoms with Gasteiger partial charge in [0, 0.05) is 67.5 Å². The normalized spacial score (nSPS) is 15.7. The van der Waals surface area contributed by atoms with Gasteiger partial charge < -0.3 is 20.9 Å². The summed E-state index contributed by atoms with van der Waals surface area (Å²) in [5.74, 6) is 0.344. The maximum absolute atomic E-state index is 14.7. The highest BCUT2D eigenvalue weighted by Crippen LogP contribution is 2.26. The van der Waals surface area contributed by atoms with Crippen molar-refractivity contribution < 1.29 is 4.39 Å². The van der Waals surface area contributed by atoms with E-state index in [1.54, 1.807) is 12.3 Å². The van der Waals surface area contributed by atoms with E-state index in [0.29, 0.717) is 17.9 Å². The number of nitrogens with two attached hydrogens (primary N) is 1. The second-order valence-electron chi connectivity index (χ2n) is 7.77. The van der Waals surface area contributed by atoms with Crippen LogP contribution in [0.25, 0.3) is 10.8 Å². The molecule has 4 rings (SSSR count). The standard InChI is InChI=1S/C23H28FN5/c1-28-11-13-29(14-12-28)10-8-17-5-6-18(21(24)15-17)16-27-22-4-2-3-20-19(22)7-9-26-23(20)25/h2-7,9,15,27H,8,10-14,16H2,1H3,(H2,25,26).